The highest BCUT2D eigenvalue weighted by Crippen LogP contribution is 2.40. The highest BCUT2D eigenvalue weighted by molar-refractivity contribution is 7.89. The largest absolute Gasteiger partial charge is 0.441 e. The monoisotopic (exact) mass is 577 g/mol. The molecule has 12 nitrogen and oxygen atoms in total. The molecule has 5 rings (SSSR count). The number of hydrogen-bond donors (Lipinski definition) is 2. The quantitative estimate of drug-likeness (QED) is 0.432. The molecule has 3 heterocycles. The SMILES string of the molecule is CCCCCCn1c(=O)n2n(c1=O)[C@@H]1CN(S(=O)(=O)c3ccc(C)cc3)C[C@]1(O)[C@@H](OC(=O)NC1CCCC1)C2. The van der Waals surface area contributed by atoms with Crippen LogP contribution in [0.15, 0.2) is 38.8 Å². The number of aromatic nitrogens is 3. The fourth-order valence-corrected chi connectivity index (χ4v) is 7.69. The number of aryl methyl sites for hydroxylation is 1. The Bertz CT molecular complexity index is 1460. The third-order valence-corrected chi connectivity index (χ3v) is 10.4. The van der Waals surface area contributed by atoms with Crippen LogP contribution in [0.2, 0.25) is 0 Å². The predicted molar refractivity (Wildman–Crippen MR) is 147 cm³/mol. The molecule has 1 aromatic heterocycles. The fourth-order valence-electron chi connectivity index (χ4n) is 6.20. The Balaban J connectivity index is 1.50. The van der Waals surface area contributed by atoms with Gasteiger partial charge in [0.2, 0.25) is 10.0 Å². The van der Waals surface area contributed by atoms with Crippen molar-refractivity contribution in [3.63, 3.8) is 0 Å². The Morgan fingerprint density at radius 3 is 2.45 bits per heavy atom. The molecule has 3 aliphatic rings. The van der Waals surface area contributed by atoms with E-state index in [0.29, 0.717) is 6.42 Å². The second kappa shape index (κ2) is 11.2. The predicted octanol–water partition coefficient (Wildman–Crippen LogP) is 1.73. The summed E-state index contributed by atoms with van der Waals surface area (Å²) in [5.41, 5.74) is -2.19. The summed E-state index contributed by atoms with van der Waals surface area (Å²) in [7, 11) is -4.05. The van der Waals surface area contributed by atoms with Gasteiger partial charge in [0.05, 0.1) is 11.4 Å². The van der Waals surface area contributed by atoms with Crippen LogP contribution in [-0.4, -0.2) is 68.7 Å². The minimum Gasteiger partial charge on any atom is -0.441 e. The van der Waals surface area contributed by atoms with Crippen molar-refractivity contribution in [1.29, 1.82) is 0 Å². The lowest BCUT2D eigenvalue weighted by atomic mass is 9.89. The highest BCUT2D eigenvalue weighted by atomic mass is 32.2. The van der Waals surface area contributed by atoms with Crippen molar-refractivity contribution in [3.8, 4) is 0 Å². The summed E-state index contributed by atoms with van der Waals surface area (Å²) in [6.45, 7) is 3.22. The maximum atomic E-state index is 13.6. The second-order valence-corrected chi connectivity index (χ2v) is 13.3. The molecule has 1 amide bonds. The molecule has 2 N–H and O–H groups in total. The van der Waals surface area contributed by atoms with Crippen molar-refractivity contribution in [2.24, 2.45) is 0 Å². The van der Waals surface area contributed by atoms with Crippen LogP contribution in [0.5, 0.6) is 0 Å². The van der Waals surface area contributed by atoms with Gasteiger partial charge in [-0.3, -0.25) is 0 Å². The Morgan fingerprint density at radius 2 is 1.77 bits per heavy atom. The van der Waals surface area contributed by atoms with Gasteiger partial charge in [-0.05, 0) is 38.3 Å². The van der Waals surface area contributed by atoms with Gasteiger partial charge in [0.25, 0.3) is 0 Å². The van der Waals surface area contributed by atoms with E-state index in [0.717, 1.165) is 59.4 Å². The molecule has 1 aliphatic carbocycles. The molecule has 2 aromatic rings. The topological polar surface area (TPSA) is 145 Å². The number of hydrogen-bond acceptors (Lipinski definition) is 7. The van der Waals surface area contributed by atoms with Gasteiger partial charge in [-0.25, -0.2) is 36.7 Å². The number of carbonyl (C=O) groups excluding carboxylic acids is 1. The number of amides is 1. The zero-order chi connectivity index (χ0) is 28.7. The van der Waals surface area contributed by atoms with E-state index in [1.54, 1.807) is 12.1 Å². The summed E-state index contributed by atoms with van der Waals surface area (Å²) >= 11 is 0. The lowest BCUT2D eigenvalue weighted by molar-refractivity contribution is -0.122. The Labute approximate surface area is 233 Å². The average molecular weight is 578 g/mol. The highest BCUT2D eigenvalue weighted by Gasteiger charge is 2.60. The number of sulfonamides is 1. The third kappa shape index (κ3) is 5.14. The van der Waals surface area contributed by atoms with Gasteiger partial charge >= 0.3 is 17.5 Å². The first kappa shape index (κ1) is 28.6. The van der Waals surface area contributed by atoms with Crippen molar-refractivity contribution in [1.82, 2.24) is 23.6 Å². The van der Waals surface area contributed by atoms with E-state index in [4.69, 9.17) is 4.74 Å². The molecule has 0 radical (unpaired) electrons. The summed E-state index contributed by atoms with van der Waals surface area (Å²) in [4.78, 5) is 39.8. The zero-order valence-electron chi connectivity index (χ0n) is 23.1. The summed E-state index contributed by atoms with van der Waals surface area (Å²) in [5.74, 6) is 0. The smallest absolute Gasteiger partial charge is 0.407 e. The molecule has 2 fully saturated rings. The van der Waals surface area contributed by atoms with Crippen LogP contribution >= 0.6 is 0 Å². The molecule has 0 spiro atoms. The number of ether oxygens (including phenoxy) is 1. The lowest BCUT2D eigenvalue weighted by Crippen LogP contribution is -2.61. The van der Waals surface area contributed by atoms with Crippen LogP contribution in [0.25, 0.3) is 0 Å². The molecule has 1 saturated heterocycles. The molecule has 0 bridgehead atoms. The number of rotatable bonds is 9. The van der Waals surface area contributed by atoms with Crippen molar-refractivity contribution in [2.45, 2.75) is 107 Å². The summed E-state index contributed by atoms with van der Waals surface area (Å²) in [6.07, 6.45) is 5.16. The molecule has 40 heavy (non-hydrogen) atoms. The number of nitrogens with zero attached hydrogens (tertiary/aromatic N) is 4. The number of β-amino-alcohol motifs (C(OH)–C–C–N with tert-alkyl or cyclic N) is 1. The van der Waals surface area contributed by atoms with Crippen LogP contribution in [0.1, 0.15) is 69.9 Å². The van der Waals surface area contributed by atoms with Crippen LogP contribution < -0.4 is 16.7 Å². The Morgan fingerprint density at radius 1 is 1.07 bits per heavy atom. The number of aliphatic hydroxyl groups is 1. The van der Waals surface area contributed by atoms with Crippen molar-refractivity contribution >= 4 is 16.1 Å². The fraction of sp³-hybridized carbons (Fsp3) is 0.667. The molecule has 1 saturated carbocycles. The number of unbranched alkanes of at least 4 members (excludes halogenated alkanes) is 3. The third-order valence-electron chi connectivity index (χ3n) is 8.53. The van der Waals surface area contributed by atoms with Gasteiger partial charge in [0.1, 0.15) is 11.6 Å². The van der Waals surface area contributed by atoms with Gasteiger partial charge in [-0.15, -0.1) is 0 Å². The number of benzene rings is 1. The Kier molecular flexibility index (Phi) is 7.99. The van der Waals surface area contributed by atoms with Crippen LogP contribution in [0.3, 0.4) is 0 Å². The van der Waals surface area contributed by atoms with Gasteiger partial charge in [-0.1, -0.05) is 56.7 Å². The minimum atomic E-state index is -4.05. The average Bonchev–Trinajstić information content (AvgIpc) is 3.61. The van der Waals surface area contributed by atoms with Crippen molar-refractivity contribution in [2.75, 3.05) is 13.1 Å². The van der Waals surface area contributed by atoms with E-state index in [1.807, 2.05) is 6.92 Å². The number of carbonyl (C=O) groups is 1. The first-order valence-electron chi connectivity index (χ1n) is 14.2. The van der Waals surface area contributed by atoms with Crippen LogP contribution in [0.4, 0.5) is 4.79 Å². The first-order valence-corrected chi connectivity index (χ1v) is 15.7. The molecule has 2 aliphatic heterocycles. The van der Waals surface area contributed by atoms with Crippen molar-refractivity contribution < 1.29 is 23.1 Å². The molecule has 1 aromatic carbocycles. The number of alkyl carbamates (subject to hydrolysis) is 1. The van der Waals surface area contributed by atoms with Crippen LogP contribution in [0, 0.1) is 6.92 Å². The van der Waals surface area contributed by atoms with Gasteiger partial charge in [0.15, 0.2) is 6.10 Å². The van der Waals surface area contributed by atoms with E-state index < -0.39 is 51.8 Å². The molecule has 0 unspecified atom stereocenters. The van der Waals surface area contributed by atoms with Crippen LogP contribution in [-0.2, 0) is 27.8 Å². The number of fused-ring (bicyclic) bond motifs is 3. The molecular weight excluding hydrogens is 538 g/mol. The molecule has 13 heteroatoms. The Hall–Kier alpha value is -2.90. The van der Waals surface area contributed by atoms with Gasteiger partial charge in [0, 0.05) is 25.7 Å². The standard InChI is InChI=1S/C27H39N5O7S/c1-3-4-5-8-15-30-25(34)31-17-23(39-24(33)28-20-9-6-7-10-20)27(36)18-29(16-22(27)32(31)26(30)35)40(37,38)21-13-11-19(2)12-14-21/h11-14,20,22-23,36H,3-10,15-18H2,1-2H3,(H,28,33)/t22-,23+,27-/m1/s1. The summed E-state index contributed by atoms with van der Waals surface area (Å²) in [6, 6.07) is 5.20. The van der Waals surface area contributed by atoms with E-state index in [9.17, 15) is 27.9 Å². The molecular formula is C27H39N5O7S. The first-order chi connectivity index (χ1) is 19.1. The van der Waals surface area contributed by atoms with Gasteiger partial charge in [-0.2, -0.15) is 4.31 Å². The van der Waals surface area contributed by atoms with E-state index in [2.05, 4.69) is 12.2 Å². The second-order valence-electron chi connectivity index (χ2n) is 11.3. The maximum Gasteiger partial charge on any atom is 0.407 e. The minimum absolute atomic E-state index is 0.0337. The lowest BCUT2D eigenvalue weighted by Gasteiger charge is -2.40. The van der Waals surface area contributed by atoms with E-state index >= 15 is 0 Å². The van der Waals surface area contributed by atoms with E-state index in [1.165, 1.54) is 21.5 Å². The summed E-state index contributed by atoms with van der Waals surface area (Å²) in [5, 5.41) is 14.9. The normalized spacial score (nSPS) is 25.1. The molecule has 220 valence electrons. The molecule has 3 atom stereocenters. The summed E-state index contributed by atoms with van der Waals surface area (Å²) < 4.78 is 37.5. The number of nitrogens with one attached hydrogen (secondary N) is 1. The van der Waals surface area contributed by atoms with E-state index in [-0.39, 0.29) is 30.6 Å². The van der Waals surface area contributed by atoms with Crippen molar-refractivity contribution in [3.05, 3.63) is 50.8 Å². The van der Waals surface area contributed by atoms with Gasteiger partial charge < -0.3 is 15.2 Å². The maximum absolute atomic E-state index is 13.6. The zero-order valence-corrected chi connectivity index (χ0v) is 23.9.